The highest BCUT2D eigenvalue weighted by molar-refractivity contribution is 6.02. The van der Waals surface area contributed by atoms with Crippen LogP contribution in [0.5, 0.6) is 5.75 Å². The van der Waals surface area contributed by atoms with Crippen LogP contribution in [0.2, 0.25) is 0 Å². The van der Waals surface area contributed by atoms with E-state index in [-0.39, 0.29) is 12.4 Å². The SMILES string of the molecule is Cc1cc(C)c(C(=O)C(C)OC(=O)/C=C/c2ccc(OCC#N)cc2)cc1C. The molecule has 0 saturated carbocycles. The van der Waals surface area contributed by atoms with Gasteiger partial charge in [-0.25, -0.2) is 4.79 Å². The number of carbonyl (C=O) groups is 2. The number of nitrogens with zero attached hydrogens (tertiary/aromatic N) is 1. The molecule has 5 heteroatoms. The second kappa shape index (κ2) is 9.52. The molecular formula is C23H23NO4. The lowest BCUT2D eigenvalue weighted by Crippen LogP contribution is -2.24. The summed E-state index contributed by atoms with van der Waals surface area (Å²) in [6, 6.07) is 12.6. The van der Waals surface area contributed by atoms with Crippen molar-refractivity contribution in [3.63, 3.8) is 0 Å². The van der Waals surface area contributed by atoms with Gasteiger partial charge in [-0.2, -0.15) is 5.26 Å². The van der Waals surface area contributed by atoms with Gasteiger partial charge in [0.2, 0.25) is 5.78 Å². The fraction of sp³-hybridized carbons (Fsp3) is 0.261. The van der Waals surface area contributed by atoms with Crippen LogP contribution in [-0.4, -0.2) is 24.5 Å². The van der Waals surface area contributed by atoms with Crippen LogP contribution >= 0.6 is 0 Å². The Bertz CT molecular complexity index is 936. The lowest BCUT2D eigenvalue weighted by molar-refractivity contribution is -0.140. The smallest absolute Gasteiger partial charge is 0.331 e. The Hall–Kier alpha value is -3.39. The minimum Gasteiger partial charge on any atom is -0.479 e. The van der Waals surface area contributed by atoms with Crippen molar-refractivity contribution in [3.05, 3.63) is 70.3 Å². The molecule has 0 bridgehead atoms. The van der Waals surface area contributed by atoms with Crippen LogP contribution < -0.4 is 4.74 Å². The van der Waals surface area contributed by atoms with Crippen LogP contribution in [-0.2, 0) is 9.53 Å². The number of benzene rings is 2. The lowest BCUT2D eigenvalue weighted by atomic mass is 9.96. The van der Waals surface area contributed by atoms with Gasteiger partial charge in [-0.3, -0.25) is 4.79 Å². The minimum atomic E-state index is -0.875. The number of ether oxygens (including phenoxy) is 2. The highest BCUT2D eigenvalue weighted by Crippen LogP contribution is 2.18. The Morgan fingerprint density at radius 1 is 1.07 bits per heavy atom. The van der Waals surface area contributed by atoms with Crippen molar-refractivity contribution in [1.82, 2.24) is 0 Å². The fourth-order valence-corrected chi connectivity index (χ4v) is 2.67. The summed E-state index contributed by atoms with van der Waals surface area (Å²) in [5, 5.41) is 8.49. The van der Waals surface area contributed by atoms with Gasteiger partial charge >= 0.3 is 5.97 Å². The quantitative estimate of drug-likeness (QED) is 0.407. The van der Waals surface area contributed by atoms with E-state index in [2.05, 4.69) is 0 Å². The monoisotopic (exact) mass is 377 g/mol. The van der Waals surface area contributed by atoms with Gasteiger partial charge < -0.3 is 9.47 Å². The van der Waals surface area contributed by atoms with Crippen molar-refractivity contribution in [3.8, 4) is 11.8 Å². The number of Topliss-reactive ketones (excluding diaryl/α,β-unsaturated/α-hetero) is 1. The molecule has 0 heterocycles. The number of carbonyl (C=O) groups excluding carboxylic acids is 2. The van der Waals surface area contributed by atoms with Crippen LogP contribution in [0.3, 0.4) is 0 Å². The molecule has 0 aromatic heterocycles. The van der Waals surface area contributed by atoms with Crippen molar-refractivity contribution < 1.29 is 19.1 Å². The number of aryl methyl sites for hydroxylation is 3. The van der Waals surface area contributed by atoms with Crippen LogP contribution in [0.25, 0.3) is 6.08 Å². The summed E-state index contributed by atoms with van der Waals surface area (Å²) in [5.74, 6) is -0.238. The van der Waals surface area contributed by atoms with Crippen molar-refractivity contribution in [1.29, 1.82) is 5.26 Å². The molecule has 0 aliphatic carbocycles. The summed E-state index contributed by atoms with van der Waals surface area (Å²) in [7, 11) is 0. The average molecular weight is 377 g/mol. The van der Waals surface area contributed by atoms with Gasteiger partial charge in [-0.15, -0.1) is 0 Å². The van der Waals surface area contributed by atoms with E-state index >= 15 is 0 Å². The largest absolute Gasteiger partial charge is 0.479 e. The molecular weight excluding hydrogens is 354 g/mol. The van der Waals surface area contributed by atoms with Gasteiger partial charge in [0, 0.05) is 11.6 Å². The van der Waals surface area contributed by atoms with Crippen LogP contribution in [0.15, 0.2) is 42.5 Å². The van der Waals surface area contributed by atoms with Gasteiger partial charge in [0.25, 0.3) is 0 Å². The first-order valence-electron chi connectivity index (χ1n) is 8.92. The van der Waals surface area contributed by atoms with E-state index in [0.717, 1.165) is 22.3 Å². The molecule has 0 saturated heterocycles. The maximum atomic E-state index is 12.6. The highest BCUT2D eigenvalue weighted by Gasteiger charge is 2.20. The predicted molar refractivity (Wildman–Crippen MR) is 107 cm³/mol. The molecule has 28 heavy (non-hydrogen) atoms. The Kier molecular flexibility index (Phi) is 7.11. The van der Waals surface area contributed by atoms with Gasteiger partial charge in [0.15, 0.2) is 12.7 Å². The van der Waals surface area contributed by atoms with Gasteiger partial charge in [-0.05, 0) is 74.2 Å². The number of hydrogen-bond donors (Lipinski definition) is 0. The van der Waals surface area contributed by atoms with Gasteiger partial charge in [0.05, 0.1) is 0 Å². The topological polar surface area (TPSA) is 76.4 Å². The van der Waals surface area contributed by atoms with E-state index in [4.69, 9.17) is 14.7 Å². The zero-order valence-electron chi connectivity index (χ0n) is 16.5. The third-order valence-electron chi connectivity index (χ3n) is 4.36. The lowest BCUT2D eigenvalue weighted by Gasteiger charge is -2.14. The van der Waals surface area contributed by atoms with Crippen molar-refractivity contribution in [2.45, 2.75) is 33.8 Å². The third-order valence-corrected chi connectivity index (χ3v) is 4.36. The molecule has 2 rings (SSSR count). The molecule has 1 atom stereocenters. The Morgan fingerprint density at radius 2 is 1.71 bits per heavy atom. The molecule has 0 spiro atoms. The molecule has 2 aromatic carbocycles. The van der Waals surface area contributed by atoms with Crippen LogP contribution in [0.1, 0.15) is 39.5 Å². The first kappa shape index (κ1) is 20.9. The maximum absolute atomic E-state index is 12.6. The zero-order chi connectivity index (χ0) is 20.7. The Morgan fingerprint density at radius 3 is 2.36 bits per heavy atom. The number of nitriles is 1. The average Bonchev–Trinajstić information content (AvgIpc) is 2.67. The standard InChI is InChI=1S/C23H23NO4/c1-15-13-17(3)21(14-16(15)2)23(26)18(4)28-22(25)10-7-19-5-8-20(9-6-19)27-12-11-24/h5-10,13-14,18H,12H2,1-4H3/b10-7+. The van der Waals surface area contributed by atoms with E-state index in [9.17, 15) is 9.59 Å². The van der Waals surface area contributed by atoms with Gasteiger partial charge in [0.1, 0.15) is 11.8 Å². The Balaban J connectivity index is 1.98. The summed E-state index contributed by atoms with van der Waals surface area (Å²) in [5.41, 5.74) is 4.34. The number of ketones is 1. The molecule has 0 amide bonds. The molecule has 0 radical (unpaired) electrons. The number of hydrogen-bond acceptors (Lipinski definition) is 5. The van der Waals surface area contributed by atoms with E-state index in [0.29, 0.717) is 11.3 Å². The number of esters is 1. The zero-order valence-corrected chi connectivity index (χ0v) is 16.5. The fourth-order valence-electron chi connectivity index (χ4n) is 2.67. The Labute approximate surface area is 165 Å². The molecule has 0 N–H and O–H groups in total. The van der Waals surface area contributed by atoms with Crippen molar-refractivity contribution in [2.24, 2.45) is 0 Å². The normalized spacial score (nSPS) is 11.7. The van der Waals surface area contributed by atoms with Crippen molar-refractivity contribution >= 4 is 17.8 Å². The number of rotatable bonds is 7. The van der Waals surface area contributed by atoms with Gasteiger partial charge in [-0.1, -0.05) is 18.2 Å². The first-order valence-corrected chi connectivity index (χ1v) is 8.92. The second-order valence-corrected chi connectivity index (χ2v) is 6.54. The summed E-state index contributed by atoms with van der Waals surface area (Å²) < 4.78 is 10.4. The molecule has 5 nitrogen and oxygen atoms in total. The molecule has 144 valence electrons. The van der Waals surface area contributed by atoms with E-state index in [1.54, 1.807) is 37.3 Å². The van der Waals surface area contributed by atoms with Crippen LogP contribution in [0.4, 0.5) is 0 Å². The molecule has 0 aliphatic rings. The molecule has 2 aromatic rings. The van der Waals surface area contributed by atoms with E-state index in [1.807, 2.05) is 39.0 Å². The third kappa shape index (κ3) is 5.55. The second-order valence-electron chi connectivity index (χ2n) is 6.54. The first-order chi connectivity index (χ1) is 13.3. The maximum Gasteiger partial charge on any atom is 0.331 e. The highest BCUT2D eigenvalue weighted by atomic mass is 16.5. The summed E-state index contributed by atoms with van der Waals surface area (Å²) in [6.45, 7) is 7.37. The van der Waals surface area contributed by atoms with Crippen molar-refractivity contribution in [2.75, 3.05) is 6.61 Å². The van der Waals surface area contributed by atoms with Crippen LogP contribution in [0, 0.1) is 32.1 Å². The summed E-state index contributed by atoms with van der Waals surface area (Å²) in [4.78, 5) is 24.7. The van der Waals surface area contributed by atoms with E-state index < -0.39 is 12.1 Å². The summed E-state index contributed by atoms with van der Waals surface area (Å²) >= 11 is 0. The van der Waals surface area contributed by atoms with E-state index in [1.165, 1.54) is 6.08 Å². The molecule has 1 unspecified atom stereocenters. The summed E-state index contributed by atoms with van der Waals surface area (Å²) in [6.07, 6.45) is 2.00. The minimum absolute atomic E-state index is 0.0204. The predicted octanol–water partition coefficient (Wildman–Crippen LogP) is 4.34. The molecule has 0 fully saturated rings. The molecule has 0 aliphatic heterocycles.